The van der Waals surface area contributed by atoms with Gasteiger partial charge in [-0.25, -0.2) is 0 Å². The van der Waals surface area contributed by atoms with Crippen LogP contribution in [0, 0.1) is 6.92 Å². The first kappa shape index (κ1) is 14.7. The second kappa shape index (κ2) is 5.74. The standard InChI is InChI=1S/C14H18N4O3/c1-8-5-12(18(2)17-8)16-14(19)10-6-9(20-3)7-11(21-4)13(10)15/h5-7H,15H2,1-4H3,(H,16,19). The Bertz CT molecular complexity index is 679. The first-order chi connectivity index (χ1) is 9.96. The number of carbonyl (C=O) groups is 1. The van der Waals surface area contributed by atoms with Crippen LogP contribution in [0.15, 0.2) is 18.2 Å². The molecule has 112 valence electrons. The molecule has 0 atom stereocenters. The third kappa shape index (κ3) is 2.91. The lowest BCUT2D eigenvalue weighted by Gasteiger charge is -2.12. The van der Waals surface area contributed by atoms with E-state index in [4.69, 9.17) is 15.2 Å². The van der Waals surface area contributed by atoms with E-state index in [0.29, 0.717) is 17.3 Å². The van der Waals surface area contributed by atoms with Gasteiger partial charge in [0.25, 0.3) is 5.91 Å². The van der Waals surface area contributed by atoms with Crippen molar-refractivity contribution < 1.29 is 14.3 Å². The molecule has 1 amide bonds. The maximum atomic E-state index is 12.4. The number of anilines is 2. The molecule has 7 nitrogen and oxygen atoms in total. The van der Waals surface area contributed by atoms with E-state index in [9.17, 15) is 4.79 Å². The summed E-state index contributed by atoms with van der Waals surface area (Å²) in [4.78, 5) is 12.4. The first-order valence-electron chi connectivity index (χ1n) is 6.29. The van der Waals surface area contributed by atoms with E-state index >= 15 is 0 Å². The second-order valence-electron chi connectivity index (χ2n) is 4.54. The second-order valence-corrected chi connectivity index (χ2v) is 4.54. The number of nitrogens with one attached hydrogen (secondary N) is 1. The summed E-state index contributed by atoms with van der Waals surface area (Å²) in [6.07, 6.45) is 0. The predicted molar refractivity (Wildman–Crippen MR) is 79.9 cm³/mol. The van der Waals surface area contributed by atoms with Crippen LogP contribution in [-0.2, 0) is 7.05 Å². The van der Waals surface area contributed by atoms with Gasteiger partial charge in [0.05, 0.1) is 31.2 Å². The van der Waals surface area contributed by atoms with E-state index in [2.05, 4.69) is 10.4 Å². The van der Waals surface area contributed by atoms with E-state index in [1.807, 2.05) is 6.92 Å². The van der Waals surface area contributed by atoms with Crippen LogP contribution in [0.3, 0.4) is 0 Å². The highest BCUT2D eigenvalue weighted by molar-refractivity contribution is 6.08. The van der Waals surface area contributed by atoms with Crippen molar-refractivity contribution in [3.8, 4) is 11.5 Å². The number of carbonyl (C=O) groups excluding carboxylic acids is 1. The maximum absolute atomic E-state index is 12.4. The van der Waals surface area contributed by atoms with Gasteiger partial charge in [0, 0.05) is 19.2 Å². The molecule has 0 bridgehead atoms. The topological polar surface area (TPSA) is 91.4 Å². The SMILES string of the molecule is COc1cc(OC)c(N)c(C(=O)Nc2cc(C)nn2C)c1. The number of nitrogens with zero attached hydrogens (tertiary/aromatic N) is 2. The van der Waals surface area contributed by atoms with Crippen molar-refractivity contribution in [1.82, 2.24) is 9.78 Å². The Morgan fingerprint density at radius 1 is 1.29 bits per heavy atom. The maximum Gasteiger partial charge on any atom is 0.259 e. The summed E-state index contributed by atoms with van der Waals surface area (Å²) in [6, 6.07) is 4.96. The Kier molecular flexibility index (Phi) is 4.02. The van der Waals surface area contributed by atoms with Crippen LogP contribution < -0.4 is 20.5 Å². The van der Waals surface area contributed by atoms with Crippen LogP contribution in [-0.4, -0.2) is 29.9 Å². The van der Waals surface area contributed by atoms with Gasteiger partial charge < -0.3 is 20.5 Å². The van der Waals surface area contributed by atoms with Crippen LogP contribution in [0.5, 0.6) is 11.5 Å². The summed E-state index contributed by atoms with van der Waals surface area (Å²) in [7, 11) is 4.74. The highest BCUT2D eigenvalue weighted by atomic mass is 16.5. The molecule has 0 radical (unpaired) electrons. The van der Waals surface area contributed by atoms with Gasteiger partial charge in [-0.3, -0.25) is 9.48 Å². The van der Waals surface area contributed by atoms with Crippen molar-refractivity contribution in [3.63, 3.8) is 0 Å². The molecular weight excluding hydrogens is 272 g/mol. The Labute approximate surface area is 122 Å². The number of aromatic nitrogens is 2. The Balaban J connectivity index is 2.36. The van der Waals surface area contributed by atoms with Crippen LogP contribution in [0.2, 0.25) is 0 Å². The molecule has 3 N–H and O–H groups in total. The minimum atomic E-state index is -0.354. The van der Waals surface area contributed by atoms with Gasteiger partial charge >= 0.3 is 0 Å². The van der Waals surface area contributed by atoms with Gasteiger partial charge in [0.15, 0.2) is 0 Å². The minimum Gasteiger partial charge on any atom is -0.497 e. The molecule has 0 spiro atoms. The summed E-state index contributed by atoms with van der Waals surface area (Å²) in [5.74, 6) is 1.11. The molecule has 0 unspecified atom stereocenters. The number of amides is 1. The molecule has 1 aromatic carbocycles. The zero-order valence-corrected chi connectivity index (χ0v) is 12.4. The van der Waals surface area contributed by atoms with Crippen molar-refractivity contribution in [2.45, 2.75) is 6.92 Å². The van der Waals surface area contributed by atoms with Crippen LogP contribution >= 0.6 is 0 Å². The van der Waals surface area contributed by atoms with Gasteiger partial charge in [-0.2, -0.15) is 5.10 Å². The molecule has 0 saturated carbocycles. The number of methoxy groups -OCH3 is 2. The van der Waals surface area contributed by atoms with Crippen LogP contribution in [0.1, 0.15) is 16.1 Å². The molecule has 0 aliphatic rings. The van der Waals surface area contributed by atoms with Gasteiger partial charge in [0.2, 0.25) is 0 Å². The molecule has 1 heterocycles. The fraction of sp³-hybridized carbons (Fsp3) is 0.286. The number of benzene rings is 1. The largest absolute Gasteiger partial charge is 0.497 e. The van der Waals surface area contributed by atoms with Gasteiger partial charge in [-0.15, -0.1) is 0 Å². The summed E-state index contributed by atoms with van der Waals surface area (Å²) >= 11 is 0. The highest BCUT2D eigenvalue weighted by Crippen LogP contribution is 2.31. The molecule has 1 aromatic heterocycles. The van der Waals surface area contributed by atoms with Crippen molar-refractivity contribution in [2.75, 3.05) is 25.3 Å². The molecule has 0 fully saturated rings. The van der Waals surface area contributed by atoms with Gasteiger partial charge in [0.1, 0.15) is 17.3 Å². The number of nitrogens with two attached hydrogens (primary N) is 1. The average molecular weight is 290 g/mol. The van der Waals surface area contributed by atoms with E-state index in [1.54, 1.807) is 29.9 Å². The summed E-state index contributed by atoms with van der Waals surface area (Å²) in [5, 5.41) is 6.93. The quantitative estimate of drug-likeness (QED) is 0.834. The number of aryl methyl sites for hydroxylation is 2. The lowest BCUT2D eigenvalue weighted by atomic mass is 10.1. The van der Waals surface area contributed by atoms with Crippen LogP contribution in [0.4, 0.5) is 11.5 Å². The number of hydrogen-bond acceptors (Lipinski definition) is 5. The van der Waals surface area contributed by atoms with E-state index in [-0.39, 0.29) is 17.2 Å². The zero-order valence-electron chi connectivity index (χ0n) is 12.4. The molecule has 0 aliphatic heterocycles. The normalized spacial score (nSPS) is 10.3. The smallest absolute Gasteiger partial charge is 0.259 e. The monoisotopic (exact) mass is 290 g/mol. The van der Waals surface area contributed by atoms with Crippen molar-refractivity contribution >= 4 is 17.4 Å². The molecular formula is C14H18N4O3. The van der Waals surface area contributed by atoms with Gasteiger partial charge in [-0.1, -0.05) is 0 Å². The number of rotatable bonds is 4. The van der Waals surface area contributed by atoms with Crippen molar-refractivity contribution in [2.24, 2.45) is 7.05 Å². The summed E-state index contributed by atoms with van der Waals surface area (Å²) in [6.45, 7) is 1.85. The Hall–Kier alpha value is -2.70. The zero-order chi connectivity index (χ0) is 15.6. The van der Waals surface area contributed by atoms with Crippen LogP contribution in [0.25, 0.3) is 0 Å². The lowest BCUT2D eigenvalue weighted by Crippen LogP contribution is -2.16. The molecule has 0 saturated heterocycles. The minimum absolute atomic E-state index is 0.259. The fourth-order valence-electron chi connectivity index (χ4n) is 1.99. The summed E-state index contributed by atoms with van der Waals surface area (Å²) < 4.78 is 11.9. The van der Waals surface area contributed by atoms with Crippen molar-refractivity contribution in [1.29, 1.82) is 0 Å². The molecule has 21 heavy (non-hydrogen) atoms. The van der Waals surface area contributed by atoms with Gasteiger partial charge in [-0.05, 0) is 13.0 Å². The third-order valence-corrected chi connectivity index (χ3v) is 3.06. The Morgan fingerprint density at radius 3 is 2.52 bits per heavy atom. The Morgan fingerprint density at radius 2 is 2.00 bits per heavy atom. The van der Waals surface area contributed by atoms with E-state index < -0.39 is 0 Å². The van der Waals surface area contributed by atoms with E-state index in [1.165, 1.54) is 14.2 Å². The predicted octanol–water partition coefficient (Wildman–Crippen LogP) is 1.58. The molecule has 2 rings (SSSR count). The number of hydrogen-bond donors (Lipinski definition) is 2. The fourth-order valence-corrected chi connectivity index (χ4v) is 1.99. The molecule has 2 aromatic rings. The number of nitrogen functional groups attached to an aromatic ring is 1. The highest BCUT2D eigenvalue weighted by Gasteiger charge is 2.17. The molecule has 7 heteroatoms. The average Bonchev–Trinajstić information content (AvgIpc) is 2.77. The van der Waals surface area contributed by atoms with Crippen molar-refractivity contribution in [3.05, 3.63) is 29.5 Å². The number of ether oxygens (including phenoxy) is 2. The first-order valence-corrected chi connectivity index (χ1v) is 6.29. The van der Waals surface area contributed by atoms with E-state index in [0.717, 1.165) is 5.69 Å². The lowest BCUT2D eigenvalue weighted by molar-refractivity contribution is 0.102. The third-order valence-electron chi connectivity index (χ3n) is 3.06. The molecule has 0 aliphatic carbocycles. The summed E-state index contributed by atoms with van der Waals surface area (Å²) in [5.41, 5.74) is 7.30.